The first-order valence-electron chi connectivity index (χ1n) is 7.69. The number of epoxide rings is 1. The van der Waals surface area contributed by atoms with Gasteiger partial charge in [0.2, 0.25) is 0 Å². The normalized spacial score (nSPS) is 22.3. The van der Waals surface area contributed by atoms with Gasteiger partial charge < -0.3 is 14.4 Å². The fourth-order valence-electron chi connectivity index (χ4n) is 3.17. The Hall–Kier alpha value is -1.41. The van der Waals surface area contributed by atoms with Crippen molar-refractivity contribution >= 4 is 17.8 Å². The Balaban J connectivity index is 2.09. The van der Waals surface area contributed by atoms with Gasteiger partial charge in [-0.15, -0.1) is 0 Å². The van der Waals surface area contributed by atoms with Crippen LogP contribution in [0.25, 0.3) is 0 Å². The van der Waals surface area contributed by atoms with Crippen LogP contribution in [0.4, 0.5) is 0 Å². The van der Waals surface area contributed by atoms with E-state index in [9.17, 15) is 9.67 Å². The summed E-state index contributed by atoms with van der Waals surface area (Å²) in [5, 5.41) is 11.0. The summed E-state index contributed by atoms with van der Waals surface area (Å²) in [6.07, 6.45) is 0.453. The van der Waals surface area contributed by atoms with Crippen molar-refractivity contribution in [3.8, 4) is 0 Å². The zero-order valence-electron chi connectivity index (χ0n) is 12.6. The van der Waals surface area contributed by atoms with Crippen LogP contribution < -0.4 is 10.6 Å². The number of hydrogen-bond acceptors (Lipinski definition) is 3. The van der Waals surface area contributed by atoms with Crippen molar-refractivity contribution in [2.45, 2.75) is 31.2 Å². The van der Waals surface area contributed by atoms with Crippen molar-refractivity contribution in [3.63, 3.8) is 0 Å². The molecule has 1 saturated heterocycles. The molecule has 3 nitrogen and oxygen atoms in total. The number of aliphatic hydroxyl groups is 1. The Morgan fingerprint density at radius 1 is 1.05 bits per heavy atom. The van der Waals surface area contributed by atoms with Crippen molar-refractivity contribution in [1.82, 2.24) is 0 Å². The fraction of sp³-hybridized carbons (Fsp3) is 0.333. The lowest BCUT2D eigenvalue weighted by Crippen LogP contribution is -2.30. The van der Waals surface area contributed by atoms with Gasteiger partial charge in [-0.3, -0.25) is 0 Å². The van der Waals surface area contributed by atoms with Crippen LogP contribution in [0.5, 0.6) is 0 Å². The molecule has 0 spiro atoms. The van der Waals surface area contributed by atoms with Gasteiger partial charge in [0.25, 0.3) is 0 Å². The van der Waals surface area contributed by atoms with Crippen LogP contribution in [0, 0.1) is 0 Å². The molecule has 0 amide bonds. The molecule has 116 valence electrons. The van der Waals surface area contributed by atoms with Crippen LogP contribution in [0.15, 0.2) is 60.7 Å². The summed E-state index contributed by atoms with van der Waals surface area (Å²) in [7, 11) is -2.81. The average Bonchev–Trinajstić information content (AvgIpc) is 3.36. The molecule has 0 aliphatic carbocycles. The molecule has 0 saturated carbocycles. The van der Waals surface area contributed by atoms with Crippen LogP contribution >= 0.6 is 7.14 Å². The predicted octanol–water partition coefficient (Wildman–Crippen LogP) is 2.54. The fourth-order valence-corrected chi connectivity index (χ4v) is 6.65. The molecule has 1 aliphatic rings. The lowest BCUT2D eigenvalue weighted by molar-refractivity contribution is 0.241. The monoisotopic (exact) mass is 316 g/mol. The predicted molar refractivity (Wildman–Crippen MR) is 89.6 cm³/mol. The maximum absolute atomic E-state index is 14.1. The van der Waals surface area contributed by atoms with E-state index in [1.807, 2.05) is 67.6 Å². The molecule has 22 heavy (non-hydrogen) atoms. The molecule has 0 bridgehead atoms. The lowest BCUT2D eigenvalue weighted by Gasteiger charge is -2.27. The van der Waals surface area contributed by atoms with Gasteiger partial charge in [-0.2, -0.15) is 0 Å². The third-order valence-corrected chi connectivity index (χ3v) is 8.07. The zero-order chi connectivity index (χ0) is 15.6. The minimum atomic E-state index is -2.81. The highest BCUT2D eigenvalue weighted by Crippen LogP contribution is 2.55. The van der Waals surface area contributed by atoms with E-state index in [2.05, 4.69) is 0 Å². The van der Waals surface area contributed by atoms with Gasteiger partial charge in [0, 0.05) is 16.3 Å². The van der Waals surface area contributed by atoms with E-state index in [-0.39, 0.29) is 24.5 Å². The summed E-state index contributed by atoms with van der Waals surface area (Å²) >= 11 is 0. The second-order valence-electron chi connectivity index (χ2n) is 5.63. The van der Waals surface area contributed by atoms with Crippen molar-refractivity contribution in [1.29, 1.82) is 0 Å². The summed E-state index contributed by atoms with van der Waals surface area (Å²) < 4.78 is 19.7. The second-order valence-corrected chi connectivity index (χ2v) is 8.64. The summed E-state index contributed by atoms with van der Waals surface area (Å²) in [6.45, 7) is 2.03. The highest BCUT2D eigenvalue weighted by Gasteiger charge is 2.51. The van der Waals surface area contributed by atoms with Crippen LogP contribution in [0.3, 0.4) is 0 Å². The molecule has 0 unspecified atom stereocenters. The number of rotatable bonds is 6. The van der Waals surface area contributed by atoms with Crippen molar-refractivity contribution in [2.24, 2.45) is 0 Å². The Kier molecular flexibility index (Phi) is 4.49. The topological polar surface area (TPSA) is 49.8 Å². The van der Waals surface area contributed by atoms with E-state index in [1.54, 1.807) is 0 Å². The second kappa shape index (κ2) is 6.37. The zero-order valence-corrected chi connectivity index (χ0v) is 13.5. The molecular weight excluding hydrogens is 295 g/mol. The first-order chi connectivity index (χ1) is 10.7. The summed E-state index contributed by atoms with van der Waals surface area (Å²) in [5.41, 5.74) is -0.102. The smallest absolute Gasteiger partial charge is 0.148 e. The molecule has 0 radical (unpaired) electrons. The third-order valence-electron chi connectivity index (χ3n) is 4.35. The first kappa shape index (κ1) is 15.5. The Bertz CT molecular complexity index is 613. The van der Waals surface area contributed by atoms with Gasteiger partial charge in [0.05, 0.1) is 12.7 Å². The van der Waals surface area contributed by atoms with Crippen molar-refractivity contribution in [2.75, 3.05) is 6.61 Å². The molecule has 0 aromatic heterocycles. The van der Waals surface area contributed by atoms with E-state index in [4.69, 9.17) is 4.74 Å². The molecular formula is C18H21O3P. The number of ether oxygens (including phenoxy) is 1. The van der Waals surface area contributed by atoms with Crippen molar-refractivity contribution < 1.29 is 14.4 Å². The van der Waals surface area contributed by atoms with Crippen LogP contribution in [-0.2, 0) is 9.30 Å². The number of hydrogen-bond donors (Lipinski definition) is 1. The van der Waals surface area contributed by atoms with Gasteiger partial charge >= 0.3 is 0 Å². The van der Waals surface area contributed by atoms with Gasteiger partial charge in [0.15, 0.2) is 0 Å². The van der Waals surface area contributed by atoms with E-state index in [0.29, 0.717) is 0 Å². The largest absolute Gasteiger partial charge is 0.394 e. The van der Waals surface area contributed by atoms with Gasteiger partial charge in [-0.25, -0.2) is 0 Å². The first-order valence-corrected chi connectivity index (χ1v) is 9.46. The highest BCUT2D eigenvalue weighted by molar-refractivity contribution is 7.79. The maximum atomic E-state index is 14.1. The van der Waals surface area contributed by atoms with Gasteiger partial charge in [0.1, 0.15) is 13.2 Å². The molecule has 3 atom stereocenters. The summed E-state index contributed by atoms with van der Waals surface area (Å²) in [5.74, 6) is 0. The van der Waals surface area contributed by atoms with E-state index < -0.39 is 7.14 Å². The van der Waals surface area contributed by atoms with E-state index >= 15 is 0 Å². The average molecular weight is 316 g/mol. The molecule has 1 fully saturated rings. The SMILES string of the molecule is CC[C@@H]([C@@H]1O[C@H]1CO)P(=O)(c1ccccc1)c1ccccc1. The molecule has 1 heterocycles. The minimum absolute atomic E-state index is 0.00918. The minimum Gasteiger partial charge on any atom is -0.394 e. The lowest BCUT2D eigenvalue weighted by atomic mass is 10.2. The Morgan fingerprint density at radius 2 is 1.55 bits per heavy atom. The molecule has 2 aromatic rings. The summed E-state index contributed by atoms with van der Waals surface area (Å²) in [4.78, 5) is 0. The third kappa shape index (κ3) is 2.65. The van der Waals surface area contributed by atoms with Gasteiger partial charge in [-0.05, 0) is 6.42 Å². The molecule has 3 rings (SSSR count). The van der Waals surface area contributed by atoms with Crippen LogP contribution in [-0.4, -0.2) is 29.6 Å². The highest BCUT2D eigenvalue weighted by atomic mass is 31.2. The standard InChI is InChI=1S/C18H21O3P/c1-2-17(18-16(13-19)21-18)22(20,14-9-5-3-6-10-14)15-11-7-4-8-12-15/h3-12,16-19H,2,13H2,1H3/t16-,17-,18+/m0/s1. The Morgan fingerprint density at radius 3 is 1.91 bits per heavy atom. The molecule has 4 heteroatoms. The van der Waals surface area contributed by atoms with E-state index in [0.717, 1.165) is 17.0 Å². The quantitative estimate of drug-likeness (QED) is 0.658. The van der Waals surface area contributed by atoms with E-state index in [1.165, 1.54) is 0 Å². The number of benzene rings is 2. The molecule has 2 aromatic carbocycles. The maximum Gasteiger partial charge on any atom is 0.148 e. The van der Waals surface area contributed by atoms with Gasteiger partial charge in [-0.1, -0.05) is 67.6 Å². The van der Waals surface area contributed by atoms with Crippen LogP contribution in [0.2, 0.25) is 0 Å². The number of aliphatic hydroxyl groups excluding tert-OH is 1. The molecule has 1 N–H and O–H groups in total. The Labute approximate surface area is 131 Å². The van der Waals surface area contributed by atoms with Crippen LogP contribution in [0.1, 0.15) is 13.3 Å². The summed E-state index contributed by atoms with van der Waals surface area (Å²) in [6, 6.07) is 19.3. The molecule has 1 aliphatic heterocycles. The van der Waals surface area contributed by atoms with Crippen molar-refractivity contribution in [3.05, 3.63) is 60.7 Å².